The third-order valence-electron chi connectivity index (χ3n) is 9.43. The number of carbonyl (C=O) groups excluding carboxylic acids is 1. The molecule has 3 aliphatic rings. The fourth-order valence-corrected chi connectivity index (χ4v) is 6.65. The number of nitrogens with zero attached hydrogens (tertiary/aromatic N) is 1. The van der Waals surface area contributed by atoms with Crippen LogP contribution in [0.5, 0.6) is 5.75 Å². The normalized spacial score (nSPS) is 24.9. The van der Waals surface area contributed by atoms with Gasteiger partial charge in [-0.15, -0.1) is 0 Å². The fourth-order valence-electron chi connectivity index (χ4n) is 6.65. The topological polar surface area (TPSA) is 52.6 Å². The van der Waals surface area contributed by atoms with Gasteiger partial charge in [0.15, 0.2) is 0 Å². The van der Waals surface area contributed by atoms with Gasteiger partial charge >= 0.3 is 0 Å². The van der Waals surface area contributed by atoms with Crippen LogP contribution in [0.2, 0.25) is 0 Å². The Morgan fingerprint density at radius 1 is 1.03 bits per heavy atom. The summed E-state index contributed by atoms with van der Waals surface area (Å²) >= 11 is 0. The van der Waals surface area contributed by atoms with Crippen molar-refractivity contribution in [2.75, 3.05) is 19.6 Å². The summed E-state index contributed by atoms with van der Waals surface area (Å²) in [4.78, 5) is 15.9. The number of hydrogen-bond donors (Lipinski definition) is 2. The molecule has 3 atom stereocenters. The fraction of sp³-hybridized carbons (Fsp3) is 0.424. The van der Waals surface area contributed by atoms with E-state index in [2.05, 4.69) is 60.5 Å². The molecule has 3 unspecified atom stereocenters. The van der Waals surface area contributed by atoms with Gasteiger partial charge in [0.05, 0.1) is 0 Å². The molecule has 1 aliphatic heterocycles. The summed E-state index contributed by atoms with van der Waals surface area (Å²) in [5.41, 5.74) is 7.16. The number of amides is 1. The highest BCUT2D eigenvalue weighted by Gasteiger charge is 2.49. The monoisotopic (exact) mass is 494 g/mol. The molecule has 2 aliphatic carbocycles. The summed E-state index contributed by atoms with van der Waals surface area (Å²) in [5, 5.41) is 12.6. The standard InChI is InChI=1S/C33H38N2O2/c1-22-31-20-27-9-10-28(19-30(27)33(22,2)16-18-35(31)21-24-3-4-24)32(37)34-17-15-23-5-7-25(8-6-23)26-11-13-29(36)14-12-26/h5-14,19,22,24,31,36H,3-4,15-18,20-21H2,1-2H3,(H,34,37). The molecule has 0 radical (unpaired) electrons. The minimum Gasteiger partial charge on any atom is -0.508 e. The van der Waals surface area contributed by atoms with E-state index in [0.29, 0.717) is 18.5 Å². The van der Waals surface area contributed by atoms with Gasteiger partial charge in [0, 0.05) is 24.7 Å². The highest BCUT2D eigenvalue weighted by molar-refractivity contribution is 5.94. The number of likely N-dealkylation sites (tertiary alicyclic amines) is 1. The smallest absolute Gasteiger partial charge is 0.251 e. The van der Waals surface area contributed by atoms with E-state index in [1.807, 2.05) is 18.2 Å². The van der Waals surface area contributed by atoms with Crippen LogP contribution in [0.3, 0.4) is 0 Å². The minimum atomic E-state index is 0.0214. The summed E-state index contributed by atoms with van der Waals surface area (Å²) in [6, 6.07) is 22.7. The molecule has 192 valence electrons. The molecule has 2 fully saturated rings. The summed E-state index contributed by atoms with van der Waals surface area (Å²) in [7, 11) is 0. The van der Waals surface area contributed by atoms with Crippen LogP contribution in [0.1, 0.15) is 60.2 Å². The Bertz CT molecular complexity index is 1280. The van der Waals surface area contributed by atoms with Crippen LogP contribution in [0.25, 0.3) is 11.1 Å². The van der Waals surface area contributed by atoms with Crippen LogP contribution in [0.15, 0.2) is 66.7 Å². The number of phenolic OH excluding ortho intramolecular Hbond substituents is 1. The van der Waals surface area contributed by atoms with Crippen molar-refractivity contribution in [3.05, 3.63) is 89.0 Å². The number of aromatic hydroxyl groups is 1. The van der Waals surface area contributed by atoms with Crippen LogP contribution in [0.4, 0.5) is 0 Å². The molecule has 4 nitrogen and oxygen atoms in total. The second-order valence-corrected chi connectivity index (χ2v) is 11.8. The molecule has 2 bridgehead atoms. The predicted molar refractivity (Wildman–Crippen MR) is 149 cm³/mol. The maximum absolute atomic E-state index is 13.1. The van der Waals surface area contributed by atoms with Gasteiger partial charge in [-0.25, -0.2) is 0 Å². The Hall–Kier alpha value is -3.11. The average Bonchev–Trinajstić information content (AvgIpc) is 3.73. The van der Waals surface area contributed by atoms with E-state index in [0.717, 1.165) is 35.4 Å². The Morgan fingerprint density at radius 2 is 1.73 bits per heavy atom. The van der Waals surface area contributed by atoms with Crippen molar-refractivity contribution < 1.29 is 9.90 Å². The third-order valence-corrected chi connectivity index (χ3v) is 9.43. The first-order valence-electron chi connectivity index (χ1n) is 13.9. The number of rotatable bonds is 7. The van der Waals surface area contributed by atoms with E-state index < -0.39 is 0 Å². The lowest BCUT2D eigenvalue weighted by atomic mass is 9.59. The molecule has 1 heterocycles. The lowest BCUT2D eigenvalue weighted by Gasteiger charge is -2.55. The number of nitrogens with one attached hydrogen (secondary N) is 1. The lowest BCUT2D eigenvalue weighted by Crippen LogP contribution is -2.58. The third kappa shape index (κ3) is 4.80. The number of hydrogen-bond acceptors (Lipinski definition) is 3. The van der Waals surface area contributed by atoms with Crippen molar-refractivity contribution >= 4 is 5.91 Å². The Morgan fingerprint density at radius 3 is 2.43 bits per heavy atom. The van der Waals surface area contributed by atoms with Gasteiger partial charge in [-0.2, -0.15) is 0 Å². The number of carbonyl (C=O) groups is 1. The van der Waals surface area contributed by atoms with Gasteiger partial charge in [0.25, 0.3) is 5.91 Å². The van der Waals surface area contributed by atoms with E-state index >= 15 is 0 Å². The SMILES string of the molecule is CC1C2Cc3ccc(C(=O)NCCc4ccc(-c5ccc(O)cc5)cc4)cc3C1(C)CCN2CC1CC1. The maximum atomic E-state index is 13.1. The van der Waals surface area contributed by atoms with E-state index in [9.17, 15) is 9.90 Å². The van der Waals surface area contributed by atoms with Gasteiger partial charge in [-0.1, -0.05) is 56.3 Å². The molecule has 3 aromatic carbocycles. The van der Waals surface area contributed by atoms with Crippen molar-refractivity contribution in [1.29, 1.82) is 0 Å². The summed E-state index contributed by atoms with van der Waals surface area (Å²) in [6.45, 7) is 7.94. The average molecular weight is 495 g/mol. The molecule has 37 heavy (non-hydrogen) atoms. The zero-order valence-corrected chi connectivity index (χ0v) is 22.0. The first kappa shape index (κ1) is 24.2. The molecule has 1 saturated carbocycles. The molecular formula is C33H38N2O2. The first-order valence-corrected chi connectivity index (χ1v) is 13.9. The van der Waals surface area contributed by atoms with Crippen LogP contribution in [-0.4, -0.2) is 41.6 Å². The minimum absolute atomic E-state index is 0.0214. The maximum Gasteiger partial charge on any atom is 0.251 e. The molecule has 6 rings (SSSR count). The van der Waals surface area contributed by atoms with Crippen LogP contribution in [-0.2, 0) is 18.3 Å². The van der Waals surface area contributed by atoms with Gasteiger partial charge in [0.2, 0.25) is 0 Å². The Kier molecular flexibility index (Phi) is 6.32. The second-order valence-electron chi connectivity index (χ2n) is 11.8. The van der Waals surface area contributed by atoms with Crippen molar-refractivity contribution in [3.8, 4) is 16.9 Å². The van der Waals surface area contributed by atoms with Gasteiger partial charge in [-0.3, -0.25) is 9.69 Å². The van der Waals surface area contributed by atoms with Gasteiger partial charge < -0.3 is 10.4 Å². The Labute approximate surface area is 220 Å². The largest absolute Gasteiger partial charge is 0.508 e. The van der Waals surface area contributed by atoms with Crippen molar-refractivity contribution in [2.45, 2.75) is 57.4 Å². The number of phenols is 1. The van der Waals surface area contributed by atoms with Gasteiger partial charge in [0.1, 0.15) is 5.75 Å². The molecule has 4 heteroatoms. The second kappa shape index (κ2) is 9.64. The highest BCUT2D eigenvalue weighted by atomic mass is 16.3. The molecule has 3 aromatic rings. The highest BCUT2D eigenvalue weighted by Crippen LogP contribution is 2.49. The molecule has 2 N–H and O–H groups in total. The van der Waals surface area contributed by atoms with E-state index in [4.69, 9.17) is 0 Å². The van der Waals surface area contributed by atoms with Crippen LogP contribution < -0.4 is 5.32 Å². The zero-order chi connectivity index (χ0) is 25.6. The quantitative estimate of drug-likeness (QED) is 0.426. The molecule has 0 spiro atoms. The summed E-state index contributed by atoms with van der Waals surface area (Å²) < 4.78 is 0. The lowest BCUT2D eigenvalue weighted by molar-refractivity contribution is 0.0284. The van der Waals surface area contributed by atoms with Crippen molar-refractivity contribution in [2.24, 2.45) is 11.8 Å². The Balaban J connectivity index is 1.09. The summed E-state index contributed by atoms with van der Waals surface area (Å²) in [5.74, 6) is 1.83. The first-order chi connectivity index (χ1) is 17.9. The van der Waals surface area contributed by atoms with Crippen LogP contribution in [0, 0.1) is 11.8 Å². The van der Waals surface area contributed by atoms with Crippen molar-refractivity contribution in [3.63, 3.8) is 0 Å². The van der Waals surface area contributed by atoms with Crippen molar-refractivity contribution in [1.82, 2.24) is 10.2 Å². The van der Waals surface area contributed by atoms with Gasteiger partial charge in [-0.05, 0) is 108 Å². The number of piperidine rings is 1. The predicted octanol–water partition coefficient (Wildman–Crippen LogP) is 5.97. The molecule has 1 saturated heterocycles. The summed E-state index contributed by atoms with van der Waals surface area (Å²) in [6.07, 6.45) is 5.90. The van der Waals surface area contributed by atoms with E-state index in [-0.39, 0.29) is 17.1 Å². The number of fused-ring (bicyclic) bond motifs is 4. The van der Waals surface area contributed by atoms with E-state index in [1.54, 1.807) is 12.1 Å². The molecule has 0 aromatic heterocycles. The zero-order valence-electron chi connectivity index (χ0n) is 22.0. The van der Waals surface area contributed by atoms with Crippen LogP contribution >= 0.6 is 0 Å². The molecule has 1 amide bonds. The number of benzene rings is 3. The molecular weight excluding hydrogens is 456 g/mol. The van der Waals surface area contributed by atoms with E-state index in [1.165, 1.54) is 49.0 Å².